The minimum Gasteiger partial charge on any atom is -0.294 e. The minimum absolute atomic E-state index is 0.356. The second-order valence-electron chi connectivity index (χ2n) is 5.66. The molecule has 116 valence electrons. The average Bonchev–Trinajstić information content (AvgIpc) is 2.45. The van der Waals surface area contributed by atoms with Gasteiger partial charge < -0.3 is 0 Å². The number of ketones is 1. The molecule has 0 aromatic heterocycles. The molecule has 1 aromatic rings. The molecule has 0 spiro atoms. The minimum atomic E-state index is -4.78. The summed E-state index contributed by atoms with van der Waals surface area (Å²) in [5, 5.41) is 0. The molecule has 0 aliphatic heterocycles. The van der Waals surface area contributed by atoms with E-state index in [1.807, 2.05) is 0 Å². The highest BCUT2D eigenvalue weighted by atomic mass is 19.4. The Bertz CT molecular complexity index is 513. The molecule has 0 atom stereocenters. The molecule has 2 rings (SSSR count). The predicted octanol–water partition coefficient (Wildman–Crippen LogP) is 5.24. The van der Waals surface area contributed by atoms with Gasteiger partial charge in [0.1, 0.15) is 5.82 Å². The number of Topliss-reactive ketones (excluding diaryl/α,β-unsaturated/α-hetero) is 1. The van der Waals surface area contributed by atoms with E-state index in [9.17, 15) is 22.4 Å². The van der Waals surface area contributed by atoms with E-state index in [-0.39, 0.29) is 5.92 Å². The summed E-state index contributed by atoms with van der Waals surface area (Å²) in [5.74, 6) is -1.72. The molecule has 0 N–H and O–H groups in total. The van der Waals surface area contributed by atoms with Crippen molar-refractivity contribution >= 4 is 5.78 Å². The largest absolute Gasteiger partial charge is 0.419 e. The fourth-order valence-electron chi connectivity index (χ4n) is 2.99. The van der Waals surface area contributed by atoms with E-state index in [1.165, 1.54) is 0 Å². The summed E-state index contributed by atoms with van der Waals surface area (Å²) in [6, 6.07) is 2.91. The lowest BCUT2D eigenvalue weighted by Crippen LogP contribution is -2.23. The fourth-order valence-corrected chi connectivity index (χ4v) is 2.99. The molecule has 0 radical (unpaired) electrons. The Labute approximate surface area is 121 Å². The van der Waals surface area contributed by atoms with Crippen molar-refractivity contribution in [2.24, 2.45) is 11.8 Å². The summed E-state index contributed by atoms with van der Waals surface area (Å²) in [5.41, 5.74) is -1.79. The molecular weight excluding hydrogens is 284 g/mol. The zero-order chi connectivity index (χ0) is 15.6. The van der Waals surface area contributed by atoms with Crippen LogP contribution in [0.4, 0.5) is 17.6 Å². The Morgan fingerprint density at radius 3 is 2.33 bits per heavy atom. The molecule has 0 unspecified atom stereocenters. The SMILES string of the molecule is CCC1CCC(C(=O)c2cccc(C(F)(F)F)c2F)CC1. The molecule has 1 aliphatic rings. The highest BCUT2D eigenvalue weighted by Crippen LogP contribution is 2.36. The zero-order valence-electron chi connectivity index (χ0n) is 11.8. The smallest absolute Gasteiger partial charge is 0.294 e. The maximum Gasteiger partial charge on any atom is 0.419 e. The second-order valence-corrected chi connectivity index (χ2v) is 5.66. The van der Waals surface area contributed by atoms with E-state index in [1.54, 1.807) is 0 Å². The van der Waals surface area contributed by atoms with Crippen LogP contribution in [0.25, 0.3) is 0 Å². The van der Waals surface area contributed by atoms with E-state index < -0.39 is 28.9 Å². The van der Waals surface area contributed by atoms with Crippen LogP contribution in [0, 0.1) is 17.7 Å². The second kappa shape index (κ2) is 6.16. The molecule has 0 amide bonds. The molecule has 1 nitrogen and oxygen atoms in total. The van der Waals surface area contributed by atoms with Gasteiger partial charge in [0.05, 0.1) is 11.1 Å². The summed E-state index contributed by atoms with van der Waals surface area (Å²) < 4.78 is 52.0. The van der Waals surface area contributed by atoms with Crippen LogP contribution in [-0.2, 0) is 6.18 Å². The van der Waals surface area contributed by atoms with Crippen LogP contribution >= 0.6 is 0 Å². The molecule has 1 aliphatic carbocycles. The highest BCUT2D eigenvalue weighted by molar-refractivity contribution is 5.98. The quantitative estimate of drug-likeness (QED) is 0.551. The first-order valence-corrected chi connectivity index (χ1v) is 7.24. The van der Waals surface area contributed by atoms with Crippen LogP contribution in [0.5, 0.6) is 0 Å². The number of hydrogen-bond acceptors (Lipinski definition) is 1. The molecule has 1 aromatic carbocycles. The van der Waals surface area contributed by atoms with Crippen molar-refractivity contribution < 1.29 is 22.4 Å². The predicted molar refractivity (Wildman–Crippen MR) is 71.5 cm³/mol. The van der Waals surface area contributed by atoms with Gasteiger partial charge in [0.15, 0.2) is 5.78 Å². The standard InChI is InChI=1S/C16H18F4O/c1-2-10-6-8-11(9-7-10)15(21)12-4-3-5-13(14(12)17)16(18,19)20/h3-5,10-11H,2,6-9H2,1H3. The van der Waals surface area contributed by atoms with Gasteiger partial charge in [-0.25, -0.2) is 4.39 Å². The molecule has 0 heterocycles. The van der Waals surface area contributed by atoms with Crippen LogP contribution in [0.3, 0.4) is 0 Å². The number of alkyl halides is 3. The van der Waals surface area contributed by atoms with Gasteiger partial charge in [0.2, 0.25) is 0 Å². The van der Waals surface area contributed by atoms with E-state index in [4.69, 9.17) is 0 Å². The van der Waals surface area contributed by atoms with Gasteiger partial charge in [-0.3, -0.25) is 4.79 Å². The van der Waals surface area contributed by atoms with Gasteiger partial charge in [-0.1, -0.05) is 19.4 Å². The number of benzene rings is 1. The normalized spacial score (nSPS) is 23.1. The topological polar surface area (TPSA) is 17.1 Å². The molecule has 1 saturated carbocycles. The first-order valence-electron chi connectivity index (χ1n) is 7.24. The van der Waals surface area contributed by atoms with Crippen LogP contribution in [-0.4, -0.2) is 5.78 Å². The third-order valence-corrected chi connectivity index (χ3v) is 4.36. The Kier molecular flexibility index (Phi) is 4.69. The fraction of sp³-hybridized carbons (Fsp3) is 0.562. The number of rotatable bonds is 3. The van der Waals surface area contributed by atoms with Gasteiger partial charge in [0, 0.05) is 5.92 Å². The van der Waals surface area contributed by atoms with Crippen molar-refractivity contribution in [3.63, 3.8) is 0 Å². The van der Waals surface area contributed by atoms with Crippen LogP contribution in [0.15, 0.2) is 18.2 Å². The molecule has 1 fully saturated rings. The third kappa shape index (κ3) is 3.44. The van der Waals surface area contributed by atoms with Crippen LogP contribution < -0.4 is 0 Å². The zero-order valence-corrected chi connectivity index (χ0v) is 11.8. The highest BCUT2D eigenvalue weighted by Gasteiger charge is 2.37. The first kappa shape index (κ1) is 16.0. The lowest BCUT2D eigenvalue weighted by Gasteiger charge is -2.27. The Morgan fingerprint density at radius 2 is 1.81 bits per heavy atom. The van der Waals surface area contributed by atoms with E-state index in [0.29, 0.717) is 24.8 Å². The van der Waals surface area contributed by atoms with Crippen molar-refractivity contribution in [3.8, 4) is 0 Å². The Morgan fingerprint density at radius 1 is 1.19 bits per heavy atom. The van der Waals surface area contributed by atoms with Gasteiger partial charge in [-0.2, -0.15) is 13.2 Å². The molecule has 21 heavy (non-hydrogen) atoms. The summed E-state index contributed by atoms with van der Waals surface area (Å²) >= 11 is 0. The van der Waals surface area contributed by atoms with Crippen molar-refractivity contribution in [2.75, 3.05) is 0 Å². The molecule has 0 saturated heterocycles. The summed E-state index contributed by atoms with van der Waals surface area (Å²) in [7, 11) is 0. The lowest BCUT2D eigenvalue weighted by molar-refractivity contribution is -0.140. The van der Waals surface area contributed by atoms with Gasteiger partial charge in [0.25, 0.3) is 0 Å². The third-order valence-electron chi connectivity index (χ3n) is 4.36. The van der Waals surface area contributed by atoms with Gasteiger partial charge in [-0.15, -0.1) is 0 Å². The van der Waals surface area contributed by atoms with E-state index in [0.717, 1.165) is 31.4 Å². The monoisotopic (exact) mass is 302 g/mol. The van der Waals surface area contributed by atoms with Crippen molar-refractivity contribution in [1.82, 2.24) is 0 Å². The molecule has 0 bridgehead atoms. The van der Waals surface area contributed by atoms with E-state index >= 15 is 0 Å². The summed E-state index contributed by atoms with van der Waals surface area (Å²) in [4.78, 5) is 12.3. The molecular formula is C16H18F4O. The van der Waals surface area contributed by atoms with Crippen molar-refractivity contribution in [2.45, 2.75) is 45.2 Å². The van der Waals surface area contributed by atoms with E-state index in [2.05, 4.69) is 6.92 Å². The van der Waals surface area contributed by atoms with Gasteiger partial charge in [-0.05, 0) is 43.7 Å². The number of hydrogen-bond donors (Lipinski definition) is 0. The Hall–Kier alpha value is -1.39. The number of carbonyl (C=O) groups is 1. The Balaban J connectivity index is 2.21. The summed E-state index contributed by atoms with van der Waals surface area (Å²) in [6.07, 6.45) is -0.708. The number of halogens is 4. The lowest BCUT2D eigenvalue weighted by atomic mass is 9.77. The average molecular weight is 302 g/mol. The first-order chi connectivity index (χ1) is 9.84. The maximum atomic E-state index is 14.0. The van der Waals surface area contributed by atoms with Gasteiger partial charge >= 0.3 is 6.18 Å². The van der Waals surface area contributed by atoms with Crippen molar-refractivity contribution in [1.29, 1.82) is 0 Å². The summed E-state index contributed by atoms with van der Waals surface area (Å²) in [6.45, 7) is 2.08. The number of carbonyl (C=O) groups excluding carboxylic acids is 1. The van der Waals surface area contributed by atoms with Crippen LogP contribution in [0.2, 0.25) is 0 Å². The van der Waals surface area contributed by atoms with Crippen LogP contribution in [0.1, 0.15) is 54.9 Å². The van der Waals surface area contributed by atoms with Crippen molar-refractivity contribution in [3.05, 3.63) is 35.1 Å². The maximum absolute atomic E-state index is 14.0. The molecule has 5 heteroatoms.